The Morgan fingerprint density at radius 2 is 1.83 bits per heavy atom. The maximum Gasteiger partial charge on any atom is 0.240 e. The van der Waals surface area contributed by atoms with Gasteiger partial charge >= 0.3 is 0 Å². The van der Waals surface area contributed by atoms with Crippen LogP contribution in [0, 0.1) is 0 Å². The molecular formula is C13H20N2O2S. The summed E-state index contributed by atoms with van der Waals surface area (Å²) in [5, 5.41) is 3.30. The van der Waals surface area contributed by atoms with Crippen LogP contribution in [-0.2, 0) is 16.6 Å². The second kappa shape index (κ2) is 5.38. The van der Waals surface area contributed by atoms with Crippen molar-refractivity contribution in [2.45, 2.75) is 50.2 Å². The molecule has 0 unspecified atom stereocenters. The van der Waals surface area contributed by atoms with Gasteiger partial charge < -0.3 is 5.32 Å². The zero-order valence-electron chi connectivity index (χ0n) is 10.8. The number of hydrogen-bond acceptors (Lipinski definition) is 3. The third kappa shape index (κ3) is 3.80. The van der Waals surface area contributed by atoms with Crippen LogP contribution in [0.1, 0.15) is 32.3 Å². The van der Waals surface area contributed by atoms with E-state index in [9.17, 15) is 8.42 Å². The Morgan fingerprint density at radius 1 is 1.22 bits per heavy atom. The summed E-state index contributed by atoms with van der Waals surface area (Å²) >= 11 is 0. The third-order valence-electron chi connectivity index (χ3n) is 2.85. The van der Waals surface area contributed by atoms with Crippen molar-refractivity contribution in [1.29, 1.82) is 0 Å². The molecule has 5 heteroatoms. The zero-order valence-corrected chi connectivity index (χ0v) is 11.6. The van der Waals surface area contributed by atoms with E-state index >= 15 is 0 Å². The number of benzene rings is 1. The van der Waals surface area contributed by atoms with Gasteiger partial charge in [0.1, 0.15) is 0 Å². The zero-order chi connectivity index (χ0) is 13.2. The molecule has 1 fully saturated rings. The van der Waals surface area contributed by atoms with Gasteiger partial charge in [-0.25, -0.2) is 13.1 Å². The molecule has 2 N–H and O–H groups in total. The number of nitrogens with one attached hydrogen (secondary N) is 2. The van der Waals surface area contributed by atoms with E-state index in [4.69, 9.17) is 0 Å². The lowest BCUT2D eigenvalue weighted by atomic mass is 10.2. The second-order valence-corrected chi connectivity index (χ2v) is 6.79. The molecule has 4 nitrogen and oxygen atoms in total. The van der Waals surface area contributed by atoms with E-state index in [1.165, 1.54) is 0 Å². The smallest absolute Gasteiger partial charge is 0.240 e. The standard InChI is InChI=1S/C13H20N2O2S/c1-10(2)14-9-11-3-7-13(8-4-11)18(16,17)15-12-5-6-12/h3-4,7-8,10,12,14-15H,5-6,9H2,1-2H3. The van der Waals surface area contributed by atoms with E-state index in [0.29, 0.717) is 10.9 Å². The maximum absolute atomic E-state index is 11.9. The molecule has 1 aliphatic rings. The highest BCUT2D eigenvalue weighted by molar-refractivity contribution is 7.89. The van der Waals surface area contributed by atoms with Crippen LogP contribution in [-0.4, -0.2) is 20.5 Å². The van der Waals surface area contributed by atoms with Crippen LogP contribution in [0.15, 0.2) is 29.2 Å². The molecule has 0 radical (unpaired) electrons. The predicted octanol–water partition coefficient (Wildman–Crippen LogP) is 1.63. The summed E-state index contributed by atoms with van der Waals surface area (Å²) in [6.45, 7) is 4.92. The van der Waals surface area contributed by atoms with Crippen molar-refractivity contribution in [2.75, 3.05) is 0 Å². The van der Waals surface area contributed by atoms with Crippen LogP contribution in [0.4, 0.5) is 0 Å². The molecule has 1 saturated carbocycles. The molecule has 0 bridgehead atoms. The fourth-order valence-corrected chi connectivity index (χ4v) is 2.90. The first-order valence-corrected chi connectivity index (χ1v) is 7.80. The molecule has 0 amide bonds. The number of rotatable bonds is 6. The third-order valence-corrected chi connectivity index (χ3v) is 4.38. The summed E-state index contributed by atoms with van der Waals surface area (Å²) < 4.78 is 26.5. The van der Waals surface area contributed by atoms with Gasteiger partial charge in [0.15, 0.2) is 0 Å². The largest absolute Gasteiger partial charge is 0.310 e. The summed E-state index contributed by atoms with van der Waals surface area (Å²) in [6.07, 6.45) is 1.91. The molecule has 1 aromatic rings. The molecule has 1 aromatic carbocycles. The molecule has 0 atom stereocenters. The number of sulfonamides is 1. The Balaban J connectivity index is 2.02. The normalized spacial score (nSPS) is 16.2. The van der Waals surface area contributed by atoms with E-state index in [1.807, 2.05) is 12.1 Å². The SMILES string of the molecule is CC(C)NCc1ccc(S(=O)(=O)NC2CC2)cc1. The van der Waals surface area contributed by atoms with Crippen molar-refractivity contribution < 1.29 is 8.42 Å². The Labute approximate surface area is 109 Å². The summed E-state index contributed by atoms with van der Waals surface area (Å²) in [5.74, 6) is 0. The first-order valence-electron chi connectivity index (χ1n) is 6.32. The predicted molar refractivity (Wildman–Crippen MR) is 71.8 cm³/mol. The van der Waals surface area contributed by atoms with Crippen LogP contribution >= 0.6 is 0 Å². The highest BCUT2D eigenvalue weighted by Gasteiger charge is 2.27. The highest BCUT2D eigenvalue weighted by atomic mass is 32.2. The molecule has 2 rings (SSSR count). The van der Waals surface area contributed by atoms with Crippen LogP contribution in [0.2, 0.25) is 0 Å². The van der Waals surface area contributed by atoms with Gasteiger partial charge in [-0.3, -0.25) is 0 Å². The lowest BCUT2D eigenvalue weighted by Crippen LogP contribution is -2.25. The van der Waals surface area contributed by atoms with Crippen molar-refractivity contribution >= 4 is 10.0 Å². The average molecular weight is 268 g/mol. The van der Waals surface area contributed by atoms with Crippen molar-refractivity contribution in [3.63, 3.8) is 0 Å². The van der Waals surface area contributed by atoms with E-state index in [-0.39, 0.29) is 6.04 Å². The van der Waals surface area contributed by atoms with E-state index in [2.05, 4.69) is 23.9 Å². The summed E-state index contributed by atoms with van der Waals surface area (Å²) in [4.78, 5) is 0.350. The summed E-state index contributed by atoms with van der Waals surface area (Å²) in [5.41, 5.74) is 1.09. The molecule has 0 heterocycles. The minimum absolute atomic E-state index is 0.150. The first kappa shape index (κ1) is 13.5. The molecular weight excluding hydrogens is 248 g/mol. The number of hydrogen-bond donors (Lipinski definition) is 2. The van der Waals surface area contributed by atoms with Crippen molar-refractivity contribution in [1.82, 2.24) is 10.0 Å². The van der Waals surface area contributed by atoms with Crippen LogP contribution in [0.5, 0.6) is 0 Å². The lowest BCUT2D eigenvalue weighted by molar-refractivity contribution is 0.579. The van der Waals surface area contributed by atoms with Gasteiger partial charge in [-0.15, -0.1) is 0 Å². The Bertz CT molecular complexity index is 490. The van der Waals surface area contributed by atoms with Gasteiger partial charge in [-0.1, -0.05) is 26.0 Å². The topological polar surface area (TPSA) is 58.2 Å². The molecule has 1 aliphatic carbocycles. The highest BCUT2D eigenvalue weighted by Crippen LogP contribution is 2.22. The van der Waals surface area contributed by atoms with Gasteiger partial charge in [-0.05, 0) is 30.5 Å². The second-order valence-electron chi connectivity index (χ2n) is 5.08. The van der Waals surface area contributed by atoms with Crippen molar-refractivity contribution in [3.05, 3.63) is 29.8 Å². The van der Waals surface area contributed by atoms with Gasteiger partial charge in [0.25, 0.3) is 0 Å². The molecule has 100 valence electrons. The van der Waals surface area contributed by atoms with Gasteiger partial charge in [-0.2, -0.15) is 0 Å². The minimum Gasteiger partial charge on any atom is -0.310 e. The van der Waals surface area contributed by atoms with E-state index in [0.717, 1.165) is 24.9 Å². The quantitative estimate of drug-likeness (QED) is 0.824. The Kier molecular flexibility index (Phi) is 4.04. The fourth-order valence-electron chi connectivity index (χ4n) is 1.60. The lowest BCUT2D eigenvalue weighted by Gasteiger charge is -2.09. The van der Waals surface area contributed by atoms with Crippen LogP contribution in [0.25, 0.3) is 0 Å². The van der Waals surface area contributed by atoms with Crippen LogP contribution in [0.3, 0.4) is 0 Å². The van der Waals surface area contributed by atoms with Gasteiger partial charge in [0, 0.05) is 18.6 Å². The molecule has 0 aliphatic heterocycles. The minimum atomic E-state index is -3.32. The van der Waals surface area contributed by atoms with Crippen molar-refractivity contribution in [2.24, 2.45) is 0 Å². The molecule has 18 heavy (non-hydrogen) atoms. The summed E-state index contributed by atoms with van der Waals surface area (Å²) in [7, 11) is -3.32. The first-order chi connectivity index (χ1) is 8.47. The van der Waals surface area contributed by atoms with Crippen LogP contribution < -0.4 is 10.0 Å². The Hall–Kier alpha value is -0.910. The monoisotopic (exact) mass is 268 g/mol. The Morgan fingerprint density at radius 3 is 2.33 bits per heavy atom. The molecule has 0 aromatic heterocycles. The van der Waals surface area contributed by atoms with Gasteiger partial charge in [0.2, 0.25) is 10.0 Å². The fraction of sp³-hybridized carbons (Fsp3) is 0.538. The maximum atomic E-state index is 11.9. The molecule has 0 saturated heterocycles. The molecule has 0 spiro atoms. The van der Waals surface area contributed by atoms with E-state index in [1.54, 1.807) is 12.1 Å². The summed E-state index contributed by atoms with van der Waals surface area (Å²) in [6, 6.07) is 7.62. The van der Waals surface area contributed by atoms with Crippen molar-refractivity contribution in [3.8, 4) is 0 Å². The average Bonchev–Trinajstić information content (AvgIpc) is 3.10. The van der Waals surface area contributed by atoms with E-state index < -0.39 is 10.0 Å². The van der Waals surface area contributed by atoms with Gasteiger partial charge in [0.05, 0.1) is 4.90 Å².